The normalized spacial score (nSPS) is 18.3. The fourth-order valence-corrected chi connectivity index (χ4v) is 2.48. The van der Waals surface area contributed by atoms with Crippen LogP contribution in [-0.4, -0.2) is 18.5 Å². The van der Waals surface area contributed by atoms with Crippen molar-refractivity contribution >= 4 is 40.5 Å². The molecule has 0 aromatic heterocycles. The summed E-state index contributed by atoms with van der Waals surface area (Å²) in [6.07, 6.45) is 1.70. The summed E-state index contributed by atoms with van der Waals surface area (Å²) in [4.78, 5) is 14.1. The van der Waals surface area contributed by atoms with Gasteiger partial charge in [0.05, 0.1) is 21.4 Å². The number of hydrogen-bond acceptors (Lipinski definition) is 2. The van der Waals surface area contributed by atoms with E-state index in [0.717, 1.165) is 11.4 Å². The molecule has 1 heterocycles. The minimum atomic E-state index is -0.260. The number of hydrogen-bond donors (Lipinski definition) is 1. The number of amides is 1. The zero-order chi connectivity index (χ0) is 14.2. The molecule has 1 unspecified atom stereocenters. The predicted molar refractivity (Wildman–Crippen MR) is 81.3 cm³/mol. The van der Waals surface area contributed by atoms with Gasteiger partial charge >= 0.3 is 0 Å². The molecule has 0 saturated carbocycles. The number of halogens is 2. The highest BCUT2D eigenvalue weighted by molar-refractivity contribution is 6.42. The third-order valence-electron chi connectivity index (χ3n) is 3.15. The molecule has 3 nitrogen and oxygen atoms in total. The van der Waals surface area contributed by atoms with Crippen LogP contribution in [0.1, 0.15) is 13.8 Å². The summed E-state index contributed by atoms with van der Waals surface area (Å²) in [5, 5.41) is 4.15. The standard InChI is InChI=1S/C14H16Cl2N2O/c1-4-5-18-12-7-10(16)9(15)6-11(12)17-13(8(2)3)14(18)19/h4,6-8,13,17H,1,5H2,2-3H3. The molecule has 19 heavy (non-hydrogen) atoms. The lowest BCUT2D eigenvalue weighted by molar-refractivity contribution is -0.120. The van der Waals surface area contributed by atoms with E-state index >= 15 is 0 Å². The van der Waals surface area contributed by atoms with E-state index in [1.165, 1.54) is 0 Å². The molecule has 0 fully saturated rings. The van der Waals surface area contributed by atoms with Crippen LogP contribution in [-0.2, 0) is 4.79 Å². The van der Waals surface area contributed by atoms with E-state index in [2.05, 4.69) is 11.9 Å². The van der Waals surface area contributed by atoms with Crippen molar-refractivity contribution < 1.29 is 4.79 Å². The van der Waals surface area contributed by atoms with Crippen molar-refractivity contribution in [3.63, 3.8) is 0 Å². The molecule has 102 valence electrons. The Labute approximate surface area is 123 Å². The summed E-state index contributed by atoms with van der Waals surface area (Å²) < 4.78 is 0. The molecule has 1 aliphatic heterocycles. The second kappa shape index (κ2) is 5.43. The van der Waals surface area contributed by atoms with Gasteiger partial charge in [-0.1, -0.05) is 43.1 Å². The summed E-state index contributed by atoms with van der Waals surface area (Å²) in [6.45, 7) is 8.16. The van der Waals surface area contributed by atoms with Crippen LogP contribution >= 0.6 is 23.2 Å². The predicted octanol–water partition coefficient (Wildman–Crippen LogP) is 3.96. The molecular weight excluding hydrogens is 283 g/mol. The van der Waals surface area contributed by atoms with Gasteiger partial charge in [0.1, 0.15) is 6.04 Å². The van der Waals surface area contributed by atoms with Crippen molar-refractivity contribution in [2.24, 2.45) is 5.92 Å². The second-order valence-electron chi connectivity index (χ2n) is 4.89. The SMILES string of the molecule is C=CCN1C(=O)C(C(C)C)Nc2cc(Cl)c(Cl)cc21. The smallest absolute Gasteiger partial charge is 0.250 e. The van der Waals surface area contributed by atoms with Crippen molar-refractivity contribution in [2.45, 2.75) is 19.9 Å². The Morgan fingerprint density at radius 3 is 2.63 bits per heavy atom. The van der Waals surface area contributed by atoms with E-state index in [0.29, 0.717) is 16.6 Å². The first-order valence-electron chi connectivity index (χ1n) is 6.13. The van der Waals surface area contributed by atoms with Crippen molar-refractivity contribution in [2.75, 3.05) is 16.8 Å². The summed E-state index contributed by atoms with van der Waals surface area (Å²) in [6, 6.07) is 3.21. The molecule has 1 aromatic carbocycles. The summed E-state index contributed by atoms with van der Waals surface area (Å²) in [5.74, 6) is 0.211. The van der Waals surface area contributed by atoms with Crippen LogP contribution in [0.15, 0.2) is 24.8 Å². The van der Waals surface area contributed by atoms with E-state index in [4.69, 9.17) is 23.2 Å². The van der Waals surface area contributed by atoms with Crippen LogP contribution in [0.25, 0.3) is 0 Å². The molecule has 0 radical (unpaired) electrons. The molecule has 0 saturated heterocycles. The summed E-state index contributed by atoms with van der Waals surface area (Å²) in [5.41, 5.74) is 1.57. The maximum atomic E-state index is 12.5. The maximum absolute atomic E-state index is 12.5. The second-order valence-corrected chi connectivity index (χ2v) is 5.70. The average Bonchev–Trinajstić information content (AvgIpc) is 2.35. The van der Waals surface area contributed by atoms with E-state index < -0.39 is 0 Å². The van der Waals surface area contributed by atoms with Crippen LogP contribution in [0.2, 0.25) is 10.0 Å². The molecule has 5 heteroatoms. The molecular formula is C14H16Cl2N2O. The monoisotopic (exact) mass is 298 g/mol. The van der Waals surface area contributed by atoms with Gasteiger partial charge in [-0.25, -0.2) is 0 Å². The van der Waals surface area contributed by atoms with Gasteiger partial charge in [0.25, 0.3) is 0 Å². The Morgan fingerprint density at radius 2 is 2.05 bits per heavy atom. The first-order chi connectivity index (χ1) is 8.95. The number of anilines is 2. The Hall–Kier alpha value is -1.19. The maximum Gasteiger partial charge on any atom is 0.250 e. The number of rotatable bonds is 3. The fourth-order valence-electron chi connectivity index (χ4n) is 2.16. The van der Waals surface area contributed by atoms with Gasteiger partial charge in [-0.2, -0.15) is 0 Å². The quantitative estimate of drug-likeness (QED) is 0.857. The minimum absolute atomic E-state index is 0.0285. The Balaban J connectivity index is 2.52. The van der Waals surface area contributed by atoms with E-state index in [1.807, 2.05) is 13.8 Å². The van der Waals surface area contributed by atoms with Gasteiger partial charge in [-0.15, -0.1) is 6.58 Å². The summed E-state index contributed by atoms with van der Waals surface area (Å²) in [7, 11) is 0. The third kappa shape index (κ3) is 2.58. The van der Waals surface area contributed by atoms with Crippen molar-refractivity contribution in [3.05, 3.63) is 34.8 Å². The minimum Gasteiger partial charge on any atom is -0.372 e. The Morgan fingerprint density at radius 1 is 1.42 bits per heavy atom. The zero-order valence-electron chi connectivity index (χ0n) is 10.9. The molecule has 1 amide bonds. The van der Waals surface area contributed by atoms with Crippen molar-refractivity contribution in [1.29, 1.82) is 0 Å². The molecule has 1 aliphatic rings. The Bertz CT molecular complexity index is 528. The first kappa shape index (κ1) is 14.2. The zero-order valence-corrected chi connectivity index (χ0v) is 12.4. The van der Waals surface area contributed by atoms with Crippen molar-refractivity contribution in [1.82, 2.24) is 0 Å². The van der Waals surface area contributed by atoms with Crippen molar-refractivity contribution in [3.8, 4) is 0 Å². The largest absolute Gasteiger partial charge is 0.372 e. The lowest BCUT2D eigenvalue weighted by Crippen LogP contribution is -2.49. The average molecular weight is 299 g/mol. The van der Waals surface area contributed by atoms with Crippen LogP contribution in [0.4, 0.5) is 11.4 Å². The molecule has 2 rings (SSSR count). The third-order valence-corrected chi connectivity index (χ3v) is 3.87. The summed E-state index contributed by atoms with van der Waals surface area (Å²) >= 11 is 12.1. The molecule has 0 spiro atoms. The highest BCUT2D eigenvalue weighted by atomic mass is 35.5. The van der Waals surface area contributed by atoms with E-state index in [-0.39, 0.29) is 17.9 Å². The molecule has 1 aromatic rings. The van der Waals surface area contributed by atoms with E-state index in [9.17, 15) is 4.79 Å². The van der Waals surface area contributed by atoms with Gasteiger partial charge in [-0.3, -0.25) is 4.79 Å². The van der Waals surface area contributed by atoms with Gasteiger partial charge < -0.3 is 10.2 Å². The van der Waals surface area contributed by atoms with Crippen LogP contribution in [0.3, 0.4) is 0 Å². The highest BCUT2D eigenvalue weighted by Gasteiger charge is 2.34. The molecule has 0 aliphatic carbocycles. The van der Waals surface area contributed by atoms with Crippen LogP contribution in [0, 0.1) is 5.92 Å². The van der Waals surface area contributed by atoms with Gasteiger partial charge in [0.2, 0.25) is 5.91 Å². The van der Waals surface area contributed by atoms with E-state index in [1.54, 1.807) is 23.1 Å². The van der Waals surface area contributed by atoms with Crippen LogP contribution in [0.5, 0.6) is 0 Å². The number of carbonyl (C=O) groups is 1. The first-order valence-corrected chi connectivity index (χ1v) is 6.89. The number of fused-ring (bicyclic) bond motifs is 1. The Kier molecular flexibility index (Phi) is 4.07. The number of nitrogens with zero attached hydrogens (tertiary/aromatic N) is 1. The lowest BCUT2D eigenvalue weighted by Gasteiger charge is -2.36. The van der Waals surface area contributed by atoms with Gasteiger partial charge in [-0.05, 0) is 18.1 Å². The molecule has 1 N–H and O–H groups in total. The number of nitrogens with one attached hydrogen (secondary N) is 1. The fraction of sp³-hybridized carbons (Fsp3) is 0.357. The van der Waals surface area contributed by atoms with Crippen LogP contribution < -0.4 is 10.2 Å². The van der Waals surface area contributed by atoms with Gasteiger partial charge in [0.15, 0.2) is 0 Å². The topological polar surface area (TPSA) is 32.3 Å². The number of benzene rings is 1. The molecule has 1 atom stereocenters. The lowest BCUT2D eigenvalue weighted by atomic mass is 9.99. The molecule has 0 bridgehead atoms. The highest BCUT2D eigenvalue weighted by Crippen LogP contribution is 2.39. The number of carbonyl (C=O) groups excluding carboxylic acids is 1. The van der Waals surface area contributed by atoms with Gasteiger partial charge in [0, 0.05) is 6.54 Å².